The van der Waals surface area contributed by atoms with Crippen LogP contribution in [0.2, 0.25) is 0 Å². The van der Waals surface area contributed by atoms with Crippen LogP contribution in [0.3, 0.4) is 0 Å². The fourth-order valence-corrected chi connectivity index (χ4v) is 8.68. The smallest absolute Gasteiger partial charge is 0.306 e. The van der Waals surface area contributed by atoms with E-state index < -0.39 is 26.6 Å². The molecule has 0 heterocycles. The number of allylic oxidation sites excluding steroid dienone is 11. The molecule has 406 valence electrons. The van der Waals surface area contributed by atoms with E-state index in [1.807, 2.05) is 33.3 Å². The van der Waals surface area contributed by atoms with Crippen molar-refractivity contribution in [3.63, 3.8) is 0 Å². The third-order valence-corrected chi connectivity index (χ3v) is 13.4. The molecule has 70 heavy (non-hydrogen) atoms. The summed E-state index contributed by atoms with van der Waals surface area (Å²) in [5, 5.41) is 3.01. The maximum atomic E-state index is 13.5. The van der Waals surface area contributed by atoms with Gasteiger partial charge in [0.1, 0.15) is 19.3 Å². The number of unbranched alkanes of at least 4 members (excludes halogenated alkanes) is 25. The van der Waals surface area contributed by atoms with E-state index in [2.05, 4.69) is 86.8 Å². The van der Waals surface area contributed by atoms with Crippen molar-refractivity contribution in [3.05, 3.63) is 72.9 Å². The number of hydrogen-bond acceptors (Lipinski definition) is 7. The Labute approximate surface area is 432 Å². The second-order valence-corrected chi connectivity index (χ2v) is 21.8. The van der Waals surface area contributed by atoms with Crippen molar-refractivity contribution in [2.45, 2.75) is 258 Å². The third-order valence-electron chi connectivity index (χ3n) is 12.4. The molecule has 3 unspecified atom stereocenters. The number of nitrogens with zero attached hydrogens (tertiary/aromatic N) is 1. The van der Waals surface area contributed by atoms with Crippen LogP contribution in [0.1, 0.15) is 245 Å². The lowest BCUT2D eigenvalue weighted by Crippen LogP contribution is -2.47. The molecular weight excluding hydrogens is 892 g/mol. The summed E-state index contributed by atoms with van der Waals surface area (Å²) >= 11 is 0. The van der Waals surface area contributed by atoms with E-state index in [-0.39, 0.29) is 24.9 Å². The molecule has 0 aromatic carbocycles. The minimum atomic E-state index is -4.70. The number of ether oxygens (including phenoxy) is 1. The lowest BCUT2D eigenvalue weighted by molar-refractivity contribution is -0.870. The molecule has 1 N–H and O–H groups in total. The molecule has 0 spiro atoms. The summed E-state index contributed by atoms with van der Waals surface area (Å²) in [5.41, 5.74) is 0. The summed E-state index contributed by atoms with van der Waals surface area (Å²) in [5.74, 6) is -0.564. The van der Waals surface area contributed by atoms with Gasteiger partial charge in [-0.2, -0.15) is 0 Å². The third kappa shape index (κ3) is 50.4. The van der Waals surface area contributed by atoms with E-state index in [0.717, 1.165) is 103 Å². The molecule has 3 atom stereocenters. The van der Waals surface area contributed by atoms with Crippen LogP contribution in [0.4, 0.5) is 0 Å². The molecule has 0 aliphatic carbocycles. The average Bonchev–Trinajstić information content (AvgIpc) is 3.32. The van der Waals surface area contributed by atoms with Gasteiger partial charge in [-0.1, -0.05) is 229 Å². The average molecular weight is 1000 g/mol. The van der Waals surface area contributed by atoms with Crippen LogP contribution in [0.15, 0.2) is 72.9 Å². The standard InChI is InChI=1S/C60H109N2O7P/c1-7-10-13-16-19-22-25-27-28-29-30-31-32-33-34-35-38-40-43-46-49-52-59(63)61-57(56-68-70(65,66)67-55-54-62(4,5)6)58(51-48-45-42-39-37-26-23-20-17-14-11-8-2)69-60(64)53-50-47-44-41-36-24-21-18-15-12-9-3/h10,13,19,22,27-28,30-31,33-34,48,51,57-58H,7-9,11-12,14-18,20-21,23-26,29,32,35-47,49-50,52-56H2,1-6H3,(H-,61,63,65,66)/b13-10-,22-19-,28-27-,31-30-,34-33-,51-48-. The van der Waals surface area contributed by atoms with Crippen LogP contribution in [0.5, 0.6) is 0 Å². The molecule has 0 fully saturated rings. The fraction of sp³-hybridized carbons (Fsp3) is 0.767. The number of rotatable bonds is 51. The highest BCUT2D eigenvalue weighted by atomic mass is 31.2. The number of carbonyl (C=O) groups excluding carboxylic acids is 2. The predicted octanol–water partition coefficient (Wildman–Crippen LogP) is 16.6. The zero-order chi connectivity index (χ0) is 51.5. The Balaban J connectivity index is 5.31. The number of hydrogen-bond donors (Lipinski definition) is 1. The quantitative estimate of drug-likeness (QED) is 0.0212. The first-order chi connectivity index (χ1) is 33.9. The molecule has 0 bridgehead atoms. The van der Waals surface area contributed by atoms with Crippen LogP contribution in [-0.2, 0) is 27.9 Å². The van der Waals surface area contributed by atoms with Crippen LogP contribution in [0.25, 0.3) is 0 Å². The zero-order valence-electron chi connectivity index (χ0n) is 46.2. The normalized spacial score (nSPS) is 14.3. The summed E-state index contributed by atoms with van der Waals surface area (Å²) in [7, 11) is 1.17. The van der Waals surface area contributed by atoms with E-state index in [0.29, 0.717) is 23.9 Å². The summed E-state index contributed by atoms with van der Waals surface area (Å²) in [6.07, 6.45) is 62.9. The first-order valence-electron chi connectivity index (χ1n) is 28.7. The highest BCUT2D eigenvalue weighted by Gasteiger charge is 2.27. The van der Waals surface area contributed by atoms with Crippen molar-refractivity contribution in [3.8, 4) is 0 Å². The highest BCUT2D eigenvalue weighted by Crippen LogP contribution is 2.38. The number of esters is 1. The first kappa shape index (κ1) is 67.5. The summed E-state index contributed by atoms with van der Waals surface area (Å²) < 4.78 is 30.2. The fourth-order valence-electron chi connectivity index (χ4n) is 7.96. The van der Waals surface area contributed by atoms with Crippen molar-refractivity contribution in [2.24, 2.45) is 0 Å². The molecule has 9 nitrogen and oxygen atoms in total. The minimum Gasteiger partial charge on any atom is -0.756 e. The molecule has 0 radical (unpaired) electrons. The number of likely N-dealkylation sites (N-methyl/N-ethyl adjacent to an activating group) is 1. The lowest BCUT2D eigenvalue weighted by Gasteiger charge is -2.30. The number of phosphoric acid groups is 1. The zero-order valence-corrected chi connectivity index (χ0v) is 47.1. The maximum Gasteiger partial charge on any atom is 0.306 e. The molecule has 0 aromatic heterocycles. The molecule has 0 aromatic rings. The lowest BCUT2D eigenvalue weighted by atomic mass is 10.0. The topological polar surface area (TPSA) is 114 Å². The van der Waals surface area contributed by atoms with E-state index in [4.69, 9.17) is 13.8 Å². The monoisotopic (exact) mass is 1000 g/mol. The first-order valence-corrected chi connectivity index (χ1v) is 30.2. The second kappa shape index (κ2) is 50.0. The minimum absolute atomic E-state index is 0.0280. The molecule has 0 saturated heterocycles. The number of quaternary nitrogens is 1. The van der Waals surface area contributed by atoms with Gasteiger partial charge in [0.2, 0.25) is 5.91 Å². The number of nitrogens with one attached hydrogen (secondary N) is 1. The van der Waals surface area contributed by atoms with E-state index in [1.165, 1.54) is 103 Å². The molecule has 0 aliphatic heterocycles. The van der Waals surface area contributed by atoms with Gasteiger partial charge in [-0.3, -0.25) is 14.2 Å². The van der Waals surface area contributed by atoms with Crippen LogP contribution >= 0.6 is 7.82 Å². The molecular formula is C60H109N2O7P. The van der Waals surface area contributed by atoms with Crippen LogP contribution in [-0.4, -0.2) is 69.4 Å². The van der Waals surface area contributed by atoms with E-state index in [1.54, 1.807) is 0 Å². The predicted molar refractivity (Wildman–Crippen MR) is 298 cm³/mol. The van der Waals surface area contributed by atoms with Crippen LogP contribution in [0, 0.1) is 0 Å². The molecule has 1 amide bonds. The van der Waals surface area contributed by atoms with E-state index >= 15 is 0 Å². The maximum absolute atomic E-state index is 13.5. The second-order valence-electron chi connectivity index (χ2n) is 20.4. The molecule has 0 rings (SSSR count). The molecule has 10 heteroatoms. The summed E-state index contributed by atoms with van der Waals surface area (Å²) in [6, 6.07) is -0.898. The van der Waals surface area contributed by atoms with Gasteiger partial charge in [0.25, 0.3) is 7.82 Å². The Morgan fingerprint density at radius 1 is 0.514 bits per heavy atom. The Morgan fingerprint density at radius 2 is 0.914 bits per heavy atom. The van der Waals surface area contributed by atoms with Crippen molar-refractivity contribution >= 4 is 19.7 Å². The Hall–Kier alpha value is -2.55. The largest absolute Gasteiger partial charge is 0.756 e. The van der Waals surface area contributed by atoms with Gasteiger partial charge >= 0.3 is 5.97 Å². The Morgan fingerprint density at radius 3 is 1.37 bits per heavy atom. The van der Waals surface area contributed by atoms with Crippen molar-refractivity contribution in [1.82, 2.24) is 5.32 Å². The van der Waals surface area contributed by atoms with Gasteiger partial charge in [0.05, 0.1) is 33.8 Å². The van der Waals surface area contributed by atoms with Gasteiger partial charge in [-0.15, -0.1) is 0 Å². The number of phosphoric ester groups is 1. The summed E-state index contributed by atoms with van der Waals surface area (Å²) in [6.45, 7) is 6.70. The van der Waals surface area contributed by atoms with Gasteiger partial charge in [0, 0.05) is 12.8 Å². The molecule has 0 aliphatic rings. The van der Waals surface area contributed by atoms with Gasteiger partial charge in [-0.25, -0.2) is 0 Å². The SMILES string of the molecule is CC/C=C\C/C=C\C/C=C\C/C=C\C/C=C\CCCCCCCC(=O)NC(COP(=O)([O-])OCC[N+](C)(C)C)C(/C=C\CCCCCCCCCCCC)OC(=O)CCCCCCCCCCCCC. The van der Waals surface area contributed by atoms with Crippen molar-refractivity contribution in [1.29, 1.82) is 0 Å². The number of carbonyl (C=O) groups is 2. The molecule has 0 saturated carbocycles. The van der Waals surface area contributed by atoms with E-state index in [9.17, 15) is 19.0 Å². The Bertz CT molecular complexity index is 1430. The van der Waals surface area contributed by atoms with Gasteiger partial charge in [-0.05, 0) is 76.7 Å². The Kier molecular flexibility index (Phi) is 48.2. The highest BCUT2D eigenvalue weighted by molar-refractivity contribution is 7.45. The van der Waals surface area contributed by atoms with Crippen LogP contribution < -0.4 is 10.2 Å². The number of amides is 1. The van der Waals surface area contributed by atoms with Crippen molar-refractivity contribution < 1.29 is 37.3 Å². The van der Waals surface area contributed by atoms with Gasteiger partial charge < -0.3 is 28.5 Å². The van der Waals surface area contributed by atoms with Crippen molar-refractivity contribution in [2.75, 3.05) is 40.9 Å². The van der Waals surface area contributed by atoms with Gasteiger partial charge in [0.15, 0.2) is 0 Å². The summed E-state index contributed by atoms with van der Waals surface area (Å²) in [4.78, 5) is 39.8.